The maximum atomic E-state index is 4.92. The van der Waals surface area contributed by atoms with Gasteiger partial charge in [0.2, 0.25) is 0 Å². The van der Waals surface area contributed by atoms with E-state index in [0.29, 0.717) is 0 Å². The summed E-state index contributed by atoms with van der Waals surface area (Å²) in [6, 6.07) is 8.35. The fourth-order valence-corrected chi connectivity index (χ4v) is 4.54. The summed E-state index contributed by atoms with van der Waals surface area (Å²) in [7, 11) is 0. The van der Waals surface area contributed by atoms with E-state index >= 15 is 0 Å². The van der Waals surface area contributed by atoms with Crippen LogP contribution in [0.1, 0.15) is 37.3 Å². The van der Waals surface area contributed by atoms with E-state index in [0.717, 1.165) is 9.48 Å². The van der Waals surface area contributed by atoms with Crippen LogP contribution in [0.15, 0.2) is 28.7 Å². The monoisotopic (exact) mass is 321 g/mol. The molecule has 1 aliphatic carbocycles. The number of hydrogen-bond acceptors (Lipinski definition) is 2. The van der Waals surface area contributed by atoms with Crippen LogP contribution < -0.4 is 0 Å². The van der Waals surface area contributed by atoms with Crippen LogP contribution >= 0.6 is 27.3 Å². The van der Waals surface area contributed by atoms with Crippen LogP contribution in [0.5, 0.6) is 0 Å². The second kappa shape index (κ2) is 4.46. The Bertz CT molecular complexity index is 586. The smallest absolute Gasteiger partial charge is 0.125 e. The normalized spacial score (nSPS) is 17.5. The van der Waals surface area contributed by atoms with Gasteiger partial charge < -0.3 is 0 Å². The lowest BCUT2D eigenvalue weighted by Crippen LogP contribution is -2.23. The second-order valence-electron chi connectivity index (χ2n) is 5.51. The Kier molecular flexibility index (Phi) is 3.07. The molecule has 0 spiro atoms. The molecule has 94 valence electrons. The Morgan fingerprint density at radius 3 is 2.78 bits per heavy atom. The van der Waals surface area contributed by atoms with Gasteiger partial charge in [0.15, 0.2) is 0 Å². The van der Waals surface area contributed by atoms with E-state index in [-0.39, 0.29) is 5.41 Å². The van der Waals surface area contributed by atoms with Crippen molar-refractivity contribution in [3.05, 3.63) is 39.3 Å². The summed E-state index contributed by atoms with van der Waals surface area (Å²) in [6.45, 7) is 4.63. The number of nitrogens with zero attached hydrogens (tertiary/aromatic N) is 1. The third-order valence-electron chi connectivity index (χ3n) is 3.65. The van der Waals surface area contributed by atoms with Crippen molar-refractivity contribution >= 4 is 27.3 Å². The summed E-state index contributed by atoms with van der Waals surface area (Å²) in [5, 5.41) is 1.16. The van der Waals surface area contributed by atoms with E-state index in [4.69, 9.17) is 4.98 Å². The summed E-state index contributed by atoms with van der Waals surface area (Å²) >= 11 is 5.49. The molecule has 0 saturated carbocycles. The highest BCUT2D eigenvalue weighted by atomic mass is 79.9. The summed E-state index contributed by atoms with van der Waals surface area (Å²) in [5.41, 5.74) is 2.78. The quantitative estimate of drug-likeness (QED) is 0.704. The molecular formula is C15H16BrNS. The van der Waals surface area contributed by atoms with Crippen LogP contribution in [-0.4, -0.2) is 4.98 Å². The number of thiazole rings is 1. The molecule has 0 N–H and O–H groups in total. The van der Waals surface area contributed by atoms with Crippen LogP contribution in [0.2, 0.25) is 0 Å². The van der Waals surface area contributed by atoms with E-state index in [1.807, 2.05) is 17.4 Å². The number of aromatic nitrogens is 1. The molecule has 0 saturated heterocycles. The van der Waals surface area contributed by atoms with Gasteiger partial charge in [-0.2, -0.15) is 0 Å². The lowest BCUT2D eigenvalue weighted by molar-refractivity contribution is 0.424. The number of fused-ring (bicyclic) bond motifs is 1. The van der Waals surface area contributed by atoms with E-state index in [1.54, 1.807) is 0 Å². The number of benzene rings is 1. The van der Waals surface area contributed by atoms with Crippen LogP contribution in [0.3, 0.4) is 0 Å². The minimum absolute atomic E-state index is 0.240. The fraction of sp³-hybridized carbons (Fsp3) is 0.400. The zero-order valence-electron chi connectivity index (χ0n) is 10.7. The van der Waals surface area contributed by atoms with Gasteiger partial charge in [0.05, 0.1) is 5.69 Å². The first-order chi connectivity index (χ1) is 8.58. The first-order valence-electron chi connectivity index (χ1n) is 6.33. The summed E-state index contributed by atoms with van der Waals surface area (Å²) < 4.78 is 1.13. The first kappa shape index (κ1) is 12.4. The molecule has 18 heavy (non-hydrogen) atoms. The number of aryl methyl sites for hydroxylation is 1. The number of halogens is 1. The minimum atomic E-state index is 0.240. The number of hydrogen-bond donors (Lipinski definition) is 0. The molecule has 0 bridgehead atoms. The molecule has 0 radical (unpaired) electrons. The van der Waals surface area contributed by atoms with Crippen molar-refractivity contribution in [2.45, 2.75) is 38.5 Å². The Labute approximate surface area is 120 Å². The zero-order chi connectivity index (χ0) is 12.8. The fourth-order valence-electron chi connectivity index (χ4n) is 2.61. The third-order valence-corrected chi connectivity index (χ3v) is 5.49. The van der Waals surface area contributed by atoms with Crippen molar-refractivity contribution in [1.29, 1.82) is 0 Å². The molecule has 0 amide bonds. The number of rotatable bonds is 1. The highest BCUT2D eigenvalue weighted by Gasteiger charge is 2.31. The van der Waals surface area contributed by atoms with E-state index in [2.05, 4.69) is 48.0 Å². The summed E-state index contributed by atoms with van der Waals surface area (Å²) in [6.07, 6.45) is 3.73. The maximum absolute atomic E-state index is 4.92. The summed E-state index contributed by atoms with van der Waals surface area (Å²) in [4.78, 5) is 6.41. The molecule has 1 aromatic carbocycles. The van der Waals surface area contributed by atoms with Crippen LogP contribution in [-0.2, 0) is 11.8 Å². The van der Waals surface area contributed by atoms with Gasteiger partial charge in [0.25, 0.3) is 0 Å². The Hall–Kier alpha value is -0.670. The van der Waals surface area contributed by atoms with Gasteiger partial charge in [0.1, 0.15) is 5.01 Å². The van der Waals surface area contributed by atoms with Gasteiger partial charge in [-0.3, -0.25) is 0 Å². The highest BCUT2D eigenvalue weighted by Crippen LogP contribution is 2.42. The zero-order valence-corrected chi connectivity index (χ0v) is 13.1. The molecule has 1 nitrogen and oxygen atoms in total. The van der Waals surface area contributed by atoms with Crippen LogP contribution in [0, 0.1) is 0 Å². The van der Waals surface area contributed by atoms with Crippen molar-refractivity contribution in [1.82, 2.24) is 4.98 Å². The standard InChI is InChI=1S/C15H16BrNS/c1-15(2)9-5-8-12-13(15)17-14(18-12)10-6-3-4-7-11(10)16/h3-4,6-7H,5,8-9H2,1-2H3. The topological polar surface area (TPSA) is 12.9 Å². The predicted octanol–water partition coefficient (Wildman–Crippen LogP) is 5.19. The van der Waals surface area contributed by atoms with E-state index in [9.17, 15) is 0 Å². The SMILES string of the molecule is CC1(C)CCCc2sc(-c3ccccc3Br)nc21. The molecule has 0 atom stereocenters. The molecule has 3 heteroatoms. The Balaban J connectivity index is 2.12. The van der Waals surface area contributed by atoms with Crippen molar-refractivity contribution in [3.63, 3.8) is 0 Å². The molecule has 3 rings (SSSR count). The Morgan fingerprint density at radius 1 is 1.28 bits per heavy atom. The molecular weight excluding hydrogens is 306 g/mol. The van der Waals surface area contributed by atoms with Crippen molar-refractivity contribution in [2.24, 2.45) is 0 Å². The lowest BCUT2D eigenvalue weighted by Gasteiger charge is -2.28. The highest BCUT2D eigenvalue weighted by molar-refractivity contribution is 9.10. The third kappa shape index (κ3) is 2.04. The minimum Gasteiger partial charge on any atom is -0.240 e. The Morgan fingerprint density at radius 2 is 2.06 bits per heavy atom. The molecule has 0 fully saturated rings. The molecule has 1 aromatic heterocycles. The largest absolute Gasteiger partial charge is 0.240 e. The maximum Gasteiger partial charge on any atom is 0.125 e. The second-order valence-corrected chi connectivity index (χ2v) is 7.45. The molecule has 1 aliphatic rings. The van der Waals surface area contributed by atoms with Crippen LogP contribution in [0.25, 0.3) is 10.6 Å². The van der Waals surface area contributed by atoms with E-state index in [1.165, 1.54) is 35.4 Å². The van der Waals surface area contributed by atoms with Crippen molar-refractivity contribution < 1.29 is 0 Å². The summed E-state index contributed by atoms with van der Waals surface area (Å²) in [5.74, 6) is 0. The lowest BCUT2D eigenvalue weighted by atomic mass is 9.79. The molecule has 1 heterocycles. The van der Waals surface area contributed by atoms with Gasteiger partial charge >= 0.3 is 0 Å². The van der Waals surface area contributed by atoms with Gasteiger partial charge in [-0.15, -0.1) is 11.3 Å². The van der Waals surface area contributed by atoms with Gasteiger partial charge in [-0.05, 0) is 25.3 Å². The van der Waals surface area contributed by atoms with E-state index < -0.39 is 0 Å². The van der Waals surface area contributed by atoms with Gasteiger partial charge in [0, 0.05) is 20.3 Å². The van der Waals surface area contributed by atoms with Crippen molar-refractivity contribution in [3.8, 4) is 10.6 Å². The molecule has 0 unspecified atom stereocenters. The van der Waals surface area contributed by atoms with Gasteiger partial charge in [-0.1, -0.05) is 48.0 Å². The predicted molar refractivity (Wildman–Crippen MR) is 81.2 cm³/mol. The average Bonchev–Trinajstić information content (AvgIpc) is 2.74. The average molecular weight is 322 g/mol. The first-order valence-corrected chi connectivity index (χ1v) is 7.94. The molecule has 2 aromatic rings. The van der Waals surface area contributed by atoms with Crippen LogP contribution in [0.4, 0.5) is 0 Å². The molecule has 0 aliphatic heterocycles. The van der Waals surface area contributed by atoms with Gasteiger partial charge in [-0.25, -0.2) is 4.98 Å². The van der Waals surface area contributed by atoms with Crippen molar-refractivity contribution in [2.75, 3.05) is 0 Å².